The van der Waals surface area contributed by atoms with E-state index in [0.717, 1.165) is 120 Å². The average molecular weight is 1570 g/mol. The van der Waals surface area contributed by atoms with Gasteiger partial charge >= 0.3 is 23.9 Å². The van der Waals surface area contributed by atoms with Crippen molar-refractivity contribution in [2.24, 2.45) is 11.8 Å². The van der Waals surface area contributed by atoms with Gasteiger partial charge in [0.2, 0.25) is 11.8 Å². The van der Waals surface area contributed by atoms with Crippen LogP contribution in [0.3, 0.4) is 0 Å². The number of methoxy groups -OCH3 is 2. The first-order valence-corrected chi connectivity index (χ1v) is 44.4. The summed E-state index contributed by atoms with van der Waals surface area (Å²) < 4.78 is 51.6. The van der Waals surface area contributed by atoms with Crippen LogP contribution in [0, 0.1) is 11.8 Å². The molecule has 22 heteroatoms. The van der Waals surface area contributed by atoms with Gasteiger partial charge in [-0.2, -0.15) is 0 Å². The number of carbonyl (C=O) groups excluding carboxylic acids is 7. The second-order valence-corrected chi connectivity index (χ2v) is 38.0. The van der Waals surface area contributed by atoms with E-state index in [2.05, 4.69) is 72.2 Å². The molecule has 0 radical (unpaired) electrons. The summed E-state index contributed by atoms with van der Waals surface area (Å²) in [6.07, 6.45) is 33.2. The maximum atomic E-state index is 14.5. The number of ether oxygens (including phenoxy) is 8. The lowest BCUT2D eigenvalue weighted by Gasteiger charge is -2.38. The first-order valence-electron chi connectivity index (χ1n) is 41.5. The number of carbonyl (C=O) groups is 7. The Morgan fingerprint density at radius 2 is 0.864 bits per heavy atom. The molecule has 0 bridgehead atoms. The molecule has 1 heterocycles. The van der Waals surface area contributed by atoms with Crippen LogP contribution in [0.4, 0.5) is 0 Å². The molecule has 1 fully saturated rings. The Hall–Kier alpha value is -6.01. The van der Waals surface area contributed by atoms with Crippen molar-refractivity contribution < 1.29 is 91.2 Å². The third-order valence-corrected chi connectivity index (χ3v) is 24.7. The number of allylic oxidation sites excluding steroid dienone is 2. The van der Waals surface area contributed by atoms with Crippen LogP contribution in [0.5, 0.6) is 11.5 Å². The highest BCUT2D eigenvalue weighted by atomic mass is 28.4. The fourth-order valence-corrected chi connectivity index (χ4v) is 13.5. The average Bonchev–Trinajstić information content (AvgIpc) is 0.999. The fraction of sp³-hybridized carbons (Fsp3) is 0.739. The number of nitrogens with one attached hydrogen (secondary N) is 2. The molecule has 628 valence electrons. The third-order valence-electron chi connectivity index (χ3n) is 20.2. The molecule has 6 atom stereocenters. The van der Waals surface area contributed by atoms with E-state index in [1.165, 1.54) is 65.2 Å². The maximum Gasteiger partial charge on any atom is 0.339 e. The van der Waals surface area contributed by atoms with Gasteiger partial charge in [-0.25, -0.2) is 19.2 Å². The van der Waals surface area contributed by atoms with Gasteiger partial charge in [0.05, 0.1) is 52.5 Å². The topological polar surface area (TPSA) is 287 Å². The number of hydrogen-bond acceptors (Lipinski definition) is 19. The number of Topliss-reactive ketones (excluding diaryl/α,β-unsaturated/α-hetero) is 1. The van der Waals surface area contributed by atoms with Crippen molar-refractivity contribution in [3.63, 3.8) is 0 Å². The largest absolute Gasteiger partial charge is 0.494 e. The summed E-state index contributed by atoms with van der Waals surface area (Å²) >= 11 is 0. The molecule has 2 aromatic carbocycles. The highest BCUT2D eigenvalue weighted by molar-refractivity contribution is 6.74. The van der Waals surface area contributed by atoms with E-state index >= 15 is 0 Å². The van der Waals surface area contributed by atoms with Crippen molar-refractivity contribution in [1.82, 2.24) is 10.6 Å². The van der Waals surface area contributed by atoms with Gasteiger partial charge in [-0.3, -0.25) is 14.4 Å². The van der Waals surface area contributed by atoms with Gasteiger partial charge in [0.25, 0.3) is 0 Å². The number of aliphatic hydroxyl groups is 3. The van der Waals surface area contributed by atoms with Crippen LogP contribution in [-0.2, 0) is 79.3 Å². The van der Waals surface area contributed by atoms with Gasteiger partial charge in [0.15, 0.2) is 25.3 Å². The quantitative estimate of drug-likeness (QED) is 0.0135. The summed E-state index contributed by atoms with van der Waals surface area (Å²) in [5.41, 5.74) is -5.11. The van der Waals surface area contributed by atoms with Crippen molar-refractivity contribution in [2.45, 2.75) is 354 Å². The summed E-state index contributed by atoms with van der Waals surface area (Å²) in [7, 11) is 0.192. The van der Waals surface area contributed by atoms with Crippen LogP contribution in [0.2, 0.25) is 18.1 Å². The molecule has 1 aliphatic rings. The monoisotopic (exact) mass is 1570 g/mol. The van der Waals surface area contributed by atoms with E-state index in [4.69, 9.17) is 42.3 Å². The normalized spacial score (nSPS) is 15.5. The zero-order valence-corrected chi connectivity index (χ0v) is 72.0. The smallest absolute Gasteiger partial charge is 0.339 e. The number of unbranched alkanes of at least 4 members (excludes halogenated alkanes) is 18. The summed E-state index contributed by atoms with van der Waals surface area (Å²) in [6.45, 7) is 31.1. The minimum Gasteiger partial charge on any atom is -0.494 e. The number of amides is 2. The highest BCUT2D eigenvalue weighted by Crippen LogP contribution is 2.39. The first kappa shape index (κ1) is 100. The number of aliphatic hydroxyl groups excluding tert-OH is 1. The van der Waals surface area contributed by atoms with Gasteiger partial charge < -0.3 is 68.3 Å². The van der Waals surface area contributed by atoms with Crippen LogP contribution >= 0.6 is 0 Å². The van der Waals surface area contributed by atoms with Crippen LogP contribution in [0.15, 0.2) is 72.8 Å². The summed E-state index contributed by atoms with van der Waals surface area (Å²) in [5.74, 6) is -6.40. The maximum absolute atomic E-state index is 14.5. The minimum absolute atomic E-state index is 0.0324. The number of benzene rings is 2. The van der Waals surface area contributed by atoms with E-state index in [1.807, 2.05) is 30.3 Å². The van der Waals surface area contributed by atoms with Gasteiger partial charge in [0.1, 0.15) is 40.6 Å². The molecule has 0 spiro atoms. The van der Waals surface area contributed by atoms with Crippen LogP contribution in [-0.4, -0.2) is 159 Å². The Labute approximate surface area is 663 Å². The fourth-order valence-electron chi connectivity index (χ4n) is 12.4. The van der Waals surface area contributed by atoms with Crippen molar-refractivity contribution in [1.29, 1.82) is 0 Å². The van der Waals surface area contributed by atoms with Crippen LogP contribution in [0.25, 0.3) is 0 Å². The number of hydrogen-bond donors (Lipinski definition) is 5. The Morgan fingerprint density at radius 1 is 0.500 bits per heavy atom. The van der Waals surface area contributed by atoms with Gasteiger partial charge in [0, 0.05) is 64.6 Å². The zero-order valence-electron chi connectivity index (χ0n) is 71.0. The van der Waals surface area contributed by atoms with E-state index in [0.29, 0.717) is 69.4 Å². The summed E-state index contributed by atoms with van der Waals surface area (Å²) in [6, 6.07) is 12.3. The van der Waals surface area contributed by atoms with E-state index in [-0.39, 0.29) is 30.9 Å². The Morgan fingerprint density at radius 3 is 1.22 bits per heavy atom. The standard InChI is InChI=1S/C48H83NO10Si.C40H65NO9/c1-12-14-16-20-23-30-47(56-35-36-57-47)31-24-21-18-17-19-22-25-40(48(53,44(52)59-45(3,4)5)32-34-58-60(10,11)46(6,7)8)42(50)49-41(43(51)54-9)37-38-26-28-39(29-27-38)55-33-15-13-2;1-7-9-11-14-17-20-32(43)21-18-15-12-13-16-19-22-34(40(47,27-28-42)38(46)50-39(3,4)5)36(44)41-35(37(45)48-6)30-31-23-25-33(26-24-31)49-29-10-8-2/h22,25-29,40-41,53H,12-21,23-24,30-37H2,1-11H3,(H,49,50);19,22-26,34-35,42,47H,7-18,20-21,27-30H2,1-6H3,(H,41,44)/b25-22+;22-19+/t40-,41+,48+;34-,35+,40+/m11/s1. The predicted molar refractivity (Wildman–Crippen MR) is 437 cm³/mol. The molecule has 3 rings (SSSR count). The van der Waals surface area contributed by atoms with Crippen LogP contribution < -0.4 is 20.1 Å². The van der Waals surface area contributed by atoms with E-state index in [1.54, 1.807) is 78.0 Å². The zero-order chi connectivity index (χ0) is 82.3. The van der Waals surface area contributed by atoms with Crippen LogP contribution in [0.1, 0.15) is 294 Å². The Bertz CT molecular complexity index is 2980. The Balaban J connectivity index is 0.000000760. The second kappa shape index (κ2) is 53.1. The molecular weight excluding hydrogens is 1420 g/mol. The highest BCUT2D eigenvalue weighted by Gasteiger charge is 2.52. The van der Waals surface area contributed by atoms with Crippen molar-refractivity contribution in [3.8, 4) is 11.5 Å². The molecule has 110 heavy (non-hydrogen) atoms. The Kier molecular flexibility index (Phi) is 48.3. The van der Waals surface area contributed by atoms with E-state index in [9.17, 15) is 48.9 Å². The molecule has 5 N–H and O–H groups in total. The van der Waals surface area contributed by atoms with Gasteiger partial charge in [-0.15, -0.1) is 0 Å². The summed E-state index contributed by atoms with van der Waals surface area (Å²) in [4.78, 5) is 94.0. The third kappa shape index (κ3) is 39.6. The molecule has 0 aromatic heterocycles. The van der Waals surface area contributed by atoms with Crippen molar-refractivity contribution >= 4 is 49.8 Å². The predicted octanol–water partition coefficient (Wildman–Crippen LogP) is 17.1. The number of esters is 4. The molecule has 21 nitrogen and oxygen atoms in total. The SMILES string of the molecule is CCCCCCCC(=O)CCCCCC/C=C/[C@H](C(=O)N[C@@H](Cc1ccc(OCCCC)cc1)C(=O)OC)[C@@](O)(CCO)C(=O)OC(C)(C)C.CCCCCCCC1(CCCCCC/C=C/[C@H](C(=O)N[C@@H](Cc2ccc(OCCCC)cc2)C(=O)OC)[C@@](O)(CCO[Si](C)(C)C(C)(C)C)C(=O)OC(C)(C)C)OCCO1. The minimum atomic E-state index is -2.41. The molecule has 0 aliphatic carbocycles. The second-order valence-electron chi connectivity index (χ2n) is 33.1. The molecule has 2 aromatic rings. The lowest BCUT2D eigenvalue weighted by molar-refractivity contribution is -0.185. The molecule has 0 unspecified atom stereocenters. The molecule has 1 saturated heterocycles. The lowest BCUT2D eigenvalue weighted by atomic mass is 9.82. The number of rotatable bonds is 56. The van der Waals surface area contributed by atoms with E-state index < -0.39 is 109 Å². The molecular formula is C88H148N2O19Si. The van der Waals surface area contributed by atoms with Crippen molar-refractivity contribution in [3.05, 3.63) is 84.0 Å². The first-order chi connectivity index (χ1) is 52.0. The van der Waals surface area contributed by atoms with Crippen molar-refractivity contribution in [2.75, 3.05) is 53.9 Å². The lowest BCUT2D eigenvalue weighted by Crippen LogP contribution is -2.57. The van der Waals surface area contributed by atoms with Gasteiger partial charge in [-0.1, -0.05) is 187 Å². The molecule has 2 amide bonds. The summed E-state index contributed by atoms with van der Waals surface area (Å²) in [5, 5.41) is 39.5. The van der Waals surface area contributed by atoms with Gasteiger partial charge in [-0.05, 0) is 159 Å². The molecule has 1 aliphatic heterocycles. The number of ketones is 1. The molecule has 0 saturated carbocycles.